The van der Waals surface area contributed by atoms with Crippen molar-refractivity contribution in [2.75, 3.05) is 11.9 Å². The average molecular weight is 419 g/mol. The van der Waals surface area contributed by atoms with Gasteiger partial charge >= 0.3 is 0 Å². The number of likely N-dealkylation sites (tertiary alicyclic amines) is 1. The first-order chi connectivity index (χ1) is 13.6. The predicted octanol–water partition coefficient (Wildman–Crippen LogP) is 4.37. The molecule has 2 heterocycles. The molecule has 6 nitrogen and oxygen atoms in total. The molecule has 1 aliphatic carbocycles. The van der Waals surface area contributed by atoms with E-state index in [4.69, 9.17) is 11.6 Å². The van der Waals surface area contributed by atoms with Gasteiger partial charge in [-0.25, -0.2) is 0 Å². The van der Waals surface area contributed by atoms with E-state index in [0.29, 0.717) is 28.1 Å². The summed E-state index contributed by atoms with van der Waals surface area (Å²) in [6.45, 7) is 0.666. The van der Waals surface area contributed by atoms with Crippen LogP contribution in [0.1, 0.15) is 44.9 Å². The molecule has 2 fully saturated rings. The van der Waals surface area contributed by atoms with E-state index < -0.39 is 6.04 Å². The number of nitrogens with zero attached hydrogens (tertiary/aromatic N) is 3. The number of amides is 2. The van der Waals surface area contributed by atoms with Gasteiger partial charge in [-0.15, -0.1) is 10.2 Å². The topological polar surface area (TPSA) is 75.2 Å². The fourth-order valence-electron chi connectivity index (χ4n) is 4.06. The third-order valence-electron chi connectivity index (χ3n) is 5.54. The van der Waals surface area contributed by atoms with Crippen LogP contribution >= 0.6 is 22.9 Å². The Morgan fingerprint density at radius 1 is 1.04 bits per heavy atom. The molecule has 4 rings (SSSR count). The van der Waals surface area contributed by atoms with Crippen LogP contribution in [0.2, 0.25) is 5.02 Å². The predicted molar refractivity (Wildman–Crippen MR) is 110 cm³/mol. The number of nitrogens with one attached hydrogen (secondary N) is 1. The normalized spacial score (nSPS) is 20.3. The van der Waals surface area contributed by atoms with Crippen LogP contribution in [-0.4, -0.2) is 39.5 Å². The molecule has 8 heteroatoms. The van der Waals surface area contributed by atoms with E-state index >= 15 is 0 Å². The summed E-state index contributed by atoms with van der Waals surface area (Å²) in [5, 5.41) is 12.9. The SMILES string of the molecule is O=C(Nc1nnc(-c2ccc(Cl)cc2)s1)C1CCCN1C(=O)C1CCCCC1. The lowest BCUT2D eigenvalue weighted by molar-refractivity contribution is -0.141. The van der Waals surface area contributed by atoms with Crippen molar-refractivity contribution < 1.29 is 9.59 Å². The third-order valence-corrected chi connectivity index (χ3v) is 6.68. The Labute approximate surface area is 173 Å². The van der Waals surface area contributed by atoms with Gasteiger partial charge < -0.3 is 4.90 Å². The summed E-state index contributed by atoms with van der Waals surface area (Å²) in [6.07, 6.45) is 6.89. The van der Waals surface area contributed by atoms with Gasteiger partial charge in [0.1, 0.15) is 11.0 Å². The zero-order valence-corrected chi connectivity index (χ0v) is 17.1. The van der Waals surface area contributed by atoms with E-state index in [9.17, 15) is 9.59 Å². The quantitative estimate of drug-likeness (QED) is 0.799. The summed E-state index contributed by atoms with van der Waals surface area (Å²) in [6, 6.07) is 6.93. The number of hydrogen-bond donors (Lipinski definition) is 1. The number of anilines is 1. The highest BCUT2D eigenvalue weighted by molar-refractivity contribution is 7.18. The van der Waals surface area contributed by atoms with Gasteiger partial charge in [-0.3, -0.25) is 14.9 Å². The van der Waals surface area contributed by atoms with Crippen molar-refractivity contribution in [3.8, 4) is 10.6 Å². The molecule has 0 bridgehead atoms. The molecule has 1 atom stereocenters. The van der Waals surface area contributed by atoms with Crippen LogP contribution < -0.4 is 5.32 Å². The second-order valence-corrected chi connectivity index (χ2v) is 8.85. The van der Waals surface area contributed by atoms with Crippen molar-refractivity contribution >= 4 is 39.9 Å². The first kappa shape index (κ1) is 19.3. The molecular weight excluding hydrogens is 396 g/mol. The van der Waals surface area contributed by atoms with Crippen LogP contribution in [0.25, 0.3) is 10.6 Å². The third kappa shape index (κ3) is 4.20. The molecule has 1 aliphatic heterocycles. The van der Waals surface area contributed by atoms with Gasteiger partial charge in [-0.2, -0.15) is 0 Å². The summed E-state index contributed by atoms with van der Waals surface area (Å²) in [4.78, 5) is 27.5. The number of rotatable bonds is 4. The van der Waals surface area contributed by atoms with Crippen molar-refractivity contribution in [1.29, 1.82) is 0 Å². The summed E-state index contributed by atoms with van der Waals surface area (Å²) < 4.78 is 0. The maximum atomic E-state index is 12.9. The largest absolute Gasteiger partial charge is 0.330 e. The Kier molecular flexibility index (Phi) is 5.92. The average Bonchev–Trinajstić information content (AvgIpc) is 3.38. The van der Waals surface area contributed by atoms with E-state index in [1.54, 1.807) is 17.0 Å². The van der Waals surface area contributed by atoms with Crippen molar-refractivity contribution in [3.63, 3.8) is 0 Å². The van der Waals surface area contributed by atoms with Crippen molar-refractivity contribution in [3.05, 3.63) is 29.3 Å². The van der Waals surface area contributed by atoms with Crippen molar-refractivity contribution in [2.45, 2.75) is 51.0 Å². The van der Waals surface area contributed by atoms with Crippen molar-refractivity contribution in [1.82, 2.24) is 15.1 Å². The fourth-order valence-corrected chi connectivity index (χ4v) is 4.94. The maximum absolute atomic E-state index is 12.9. The number of carbonyl (C=O) groups is 2. The van der Waals surface area contributed by atoms with E-state index in [2.05, 4.69) is 15.5 Å². The molecule has 0 radical (unpaired) electrons. The Morgan fingerprint density at radius 3 is 2.54 bits per heavy atom. The maximum Gasteiger partial charge on any atom is 0.249 e. The van der Waals surface area contributed by atoms with Crippen LogP contribution in [-0.2, 0) is 9.59 Å². The van der Waals surface area contributed by atoms with Gasteiger partial charge in [-0.1, -0.05) is 54.3 Å². The fraction of sp³-hybridized carbons (Fsp3) is 0.500. The molecule has 0 spiro atoms. The van der Waals surface area contributed by atoms with Crippen LogP contribution in [0, 0.1) is 5.92 Å². The molecule has 2 aliphatic rings. The summed E-state index contributed by atoms with van der Waals surface area (Å²) in [5.74, 6) is 0.0668. The highest BCUT2D eigenvalue weighted by atomic mass is 35.5. The summed E-state index contributed by atoms with van der Waals surface area (Å²) >= 11 is 7.24. The lowest BCUT2D eigenvalue weighted by atomic mass is 9.88. The number of aromatic nitrogens is 2. The first-order valence-corrected chi connectivity index (χ1v) is 11.0. The minimum Gasteiger partial charge on any atom is -0.330 e. The van der Waals surface area contributed by atoms with Gasteiger partial charge in [0.15, 0.2) is 0 Å². The smallest absolute Gasteiger partial charge is 0.249 e. The molecule has 2 aromatic rings. The highest BCUT2D eigenvalue weighted by Gasteiger charge is 2.37. The second kappa shape index (κ2) is 8.57. The van der Waals surface area contributed by atoms with E-state index in [1.165, 1.54) is 17.8 Å². The van der Waals surface area contributed by atoms with E-state index in [-0.39, 0.29) is 17.7 Å². The van der Waals surface area contributed by atoms with E-state index in [0.717, 1.165) is 37.7 Å². The lowest BCUT2D eigenvalue weighted by Gasteiger charge is -2.29. The van der Waals surface area contributed by atoms with Gasteiger partial charge in [-0.05, 0) is 37.8 Å². The Hall–Kier alpha value is -1.99. The minimum atomic E-state index is -0.405. The van der Waals surface area contributed by atoms with Crippen molar-refractivity contribution in [2.24, 2.45) is 5.92 Å². The highest BCUT2D eigenvalue weighted by Crippen LogP contribution is 2.30. The molecule has 1 N–H and O–H groups in total. The molecule has 1 aromatic carbocycles. The molecule has 28 heavy (non-hydrogen) atoms. The van der Waals surface area contributed by atoms with Gasteiger partial charge in [0.2, 0.25) is 16.9 Å². The summed E-state index contributed by atoms with van der Waals surface area (Å²) in [5.41, 5.74) is 0.900. The number of hydrogen-bond acceptors (Lipinski definition) is 5. The summed E-state index contributed by atoms with van der Waals surface area (Å²) in [7, 11) is 0. The van der Waals surface area contributed by atoms with Gasteiger partial charge in [0.25, 0.3) is 0 Å². The molecule has 1 saturated heterocycles. The molecule has 1 aromatic heterocycles. The van der Waals surface area contributed by atoms with Gasteiger partial charge in [0, 0.05) is 23.0 Å². The van der Waals surface area contributed by atoms with E-state index in [1.807, 2.05) is 12.1 Å². The molecule has 148 valence electrons. The Bertz CT molecular complexity index is 848. The van der Waals surface area contributed by atoms with Gasteiger partial charge in [0.05, 0.1) is 0 Å². The van der Waals surface area contributed by atoms with Crippen LogP contribution in [0.15, 0.2) is 24.3 Å². The molecule has 1 saturated carbocycles. The van der Waals surface area contributed by atoms with Crippen LogP contribution in [0.4, 0.5) is 5.13 Å². The first-order valence-electron chi connectivity index (χ1n) is 9.82. The zero-order valence-electron chi connectivity index (χ0n) is 15.6. The minimum absolute atomic E-state index is 0.0835. The zero-order chi connectivity index (χ0) is 19.5. The Balaban J connectivity index is 1.41. The number of benzene rings is 1. The van der Waals surface area contributed by atoms with Crippen LogP contribution in [0.3, 0.4) is 0 Å². The standard InChI is InChI=1S/C20H23ClN4O2S/c21-15-10-8-13(9-11-15)18-23-24-20(28-18)22-17(26)16-7-4-12-25(16)19(27)14-5-2-1-3-6-14/h8-11,14,16H,1-7,12H2,(H,22,24,26). The number of halogens is 1. The lowest BCUT2D eigenvalue weighted by Crippen LogP contribution is -2.46. The Morgan fingerprint density at radius 2 is 1.79 bits per heavy atom. The van der Waals surface area contributed by atoms with Crippen LogP contribution in [0.5, 0.6) is 0 Å². The molecule has 1 unspecified atom stereocenters. The monoisotopic (exact) mass is 418 g/mol. The molecular formula is C20H23ClN4O2S. The molecule has 2 amide bonds. The second-order valence-electron chi connectivity index (χ2n) is 7.43. The number of carbonyl (C=O) groups excluding carboxylic acids is 2.